The van der Waals surface area contributed by atoms with Crippen molar-refractivity contribution in [1.82, 2.24) is 0 Å². The number of hydrogen-bond acceptors (Lipinski definition) is 4. The molecule has 1 aliphatic carbocycles. The molecule has 0 saturated carbocycles. The van der Waals surface area contributed by atoms with Gasteiger partial charge in [0.25, 0.3) is 0 Å². The number of benzene rings is 3. The summed E-state index contributed by atoms with van der Waals surface area (Å²) in [6, 6.07) is 12.5. The smallest absolute Gasteiger partial charge is 0.194 e. The van der Waals surface area contributed by atoms with Gasteiger partial charge in [0, 0.05) is 22.1 Å². The van der Waals surface area contributed by atoms with Crippen LogP contribution in [0.5, 0.6) is 17.2 Å². The highest BCUT2D eigenvalue weighted by Gasteiger charge is 2.30. The monoisotopic (exact) mass is 306 g/mol. The second-order valence-electron chi connectivity index (χ2n) is 5.47. The van der Waals surface area contributed by atoms with E-state index in [2.05, 4.69) is 0 Å². The number of methoxy groups -OCH3 is 2. The predicted molar refractivity (Wildman–Crippen MR) is 87.6 cm³/mol. The fraction of sp³-hybridized carbons (Fsp3) is 0.105. The Balaban J connectivity index is 2.08. The average Bonchev–Trinajstić information content (AvgIpc) is 2.86. The van der Waals surface area contributed by atoms with E-state index in [1.54, 1.807) is 26.4 Å². The van der Waals surface area contributed by atoms with Crippen LogP contribution >= 0.6 is 0 Å². The lowest BCUT2D eigenvalue weighted by atomic mass is 9.97. The Morgan fingerprint density at radius 2 is 1.48 bits per heavy atom. The molecule has 0 bridgehead atoms. The SMILES string of the molecule is COc1ccc2c(c1)C(=O)c1cc(O)c3cc(OC)ccc3c1-2. The maximum absolute atomic E-state index is 12.7. The van der Waals surface area contributed by atoms with Crippen LogP contribution in [0.3, 0.4) is 0 Å². The van der Waals surface area contributed by atoms with Gasteiger partial charge in [-0.25, -0.2) is 0 Å². The zero-order chi connectivity index (χ0) is 16.1. The van der Waals surface area contributed by atoms with Gasteiger partial charge in [-0.05, 0) is 53.4 Å². The molecule has 0 aliphatic heterocycles. The second-order valence-corrected chi connectivity index (χ2v) is 5.47. The second kappa shape index (κ2) is 4.74. The Morgan fingerprint density at radius 3 is 2.22 bits per heavy atom. The van der Waals surface area contributed by atoms with Crippen LogP contribution in [0.4, 0.5) is 0 Å². The van der Waals surface area contributed by atoms with Gasteiger partial charge >= 0.3 is 0 Å². The van der Waals surface area contributed by atoms with E-state index in [9.17, 15) is 9.90 Å². The molecule has 0 atom stereocenters. The molecule has 4 heteroatoms. The summed E-state index contributed by atoms with van der Waals surface area (Å²) >= 11 is 0. The lowest BCUT2D eigenvalue weighted by molar-refractivity contribution is 0.104. The van der Waals surface area contributed by atoms with Crippen LogP contribution in [-0.2, 0) is 0 Å². The van der Waals surface area contributed by atoms with Crippen molar-refractivity contribution in [2.45, 2.75) is 0 Å². The van der Waals surface area contributed by atoms with E-state index in [1.807, 2.05) is 24.3 Å². The topological polar surface area (TPSA) is 55.8 Å². The third kappa shape index (κ3) is 1.81. The third-order valence-corrected chi connectivity index (χ3v) is 4.31. The summed E-state index contributed by atoms with van der Waals surface area (Å²) in [6.45, 7) is 0. The molecule has 23 heavy (non-hydrogen) atoms. The van der Waals surface area contributed by atoms with E-state index in [-0.39, 0.29) is 11.5 Å². The molecule has 3 aromatic rings. The van der Waals surface area contributed by atoms with Gasteiger partial charge in [0.2, 0.25) is 0 Å². The lowest BCUT2D eigenvalue weighted by Crippen LogP contribution is -1.96. The van der Waals surface area contributed by atoms with Crippen LogP contribution in [0.2, 0.25) is 0 Å². The van der Waals surface area contributed by atoms with Crippen LogP contribution in [0.1, 0.15) is 15.9 Å². The largest absolute Gasteiger partial charge is 0.507 e. The molecule has 3 aromatic carbocycles. The highest BCUT2D eigenvalue weighted by molar-refractivity contribution is 6.26. The van der Waals surface area contributed by atoms with Crippen LogP contribution in [0.25, 0.3) is 21.9 Å². The number of phenols is 1. The number of carbonyl (C=O) groups excluding carboxylic acids is 1. The Morgan fingerprint density at radius 1 is 0.783 bits per heavy atom. The molecule has 1 N–H and O–H groups in total. The fourth-order valence-electron chi connectivity index (χ4n) is 3.18. The molecular weight excluding hydrogens is 292 g/mol. The Kier molecular flexibility index (Phi) is 2.81. The van der Waals surface area contributed by atoms with Gasteiger partial charge in [-0.1, -0.05) is 0 Å². The number of aromatic hydroxyl groups is 1. The third-order valence-electron chi connectivity index (χ3n) is 4.31. The zero-order valence-corrected chi connectivity index (χ0v) is 12.7. The van der Waals surface area contributed by atoms with Gasteiger partial charge in [0.05, 0.1) is 14.2 Å². The van der Waals surface area contributed by atoms with E-state index in [4.69, 9.17) is 9.47 Å². The average molecular weight is 306 g/mol. The predicted octanol–water partition coefficient (Wildman–Crippen LogP) is 3.77. The normalized spacial score (nSPS) is 12.2. The van der Waals surface area contributed by atoms with Crippen LogP contribution < -0.4 is 9.47 Å². The number of rotatable bonds is 2. The summed E-state index contributed by atoms with van der Waals surface area (Å²) in [4.78, 5) is 12.7. The molecule has 4 nitrogen and oxygen atoms in total. The van der Waals surface area contributed by atoms with Crippen molar-refractivity contribution in [2.75, 3.05) is 14.2 Å². The number of carbonyl (C=O) groups is 1. The molecule has 0 saturated heterocycles. The summed E-state index contributed by atoms with van der Waals surface area (Å²) in [5.41, 5.74) is 2.83. The van der Waals surface area contributed by atoms with Gasteiger partial charge < -0.3 is 14.6 Å². The van der Waals surface area contributed by atoms with Crippen LogP contribution in [-0.4, -0.2) is 25.1 Å². The number of ketones is 1. The molecule has 0 amide bonds. The Hall–Kier alpha value is -3.01. The van der Waals surface area contributed by atoms with E-state index in [0.717, 1.165) is 16.5 Å². The Bertz CT molecular complexity index is 973. The first-order chi connectivity index (χ1) is 11.1. The van der Waals surface area contributed by atoms with Crippen molar-refractivity contribution in [3.8, 4) is 28.4 Å². The van der Waals surface area contributed by atoms with Crippen molar-refractivity contribution >= 4 is 16.6 Å². The van der Waals surface area contributed by atoms with Gasteiger partial charge in [-0.15, -0.1) is 0 Å². The van der Waals surface area contributed by atoms with E-state index < -0.39 is 0 Å². The van der Waals surface area contributed by atoms with Crippen molar-refractivity contribution in [3.63, 3.8) is 0 Å². The molecule has 1 aliphatic rings. The van der Waals surface area contributed by atoms with E-state index >= 15 is 0 Å². The van der Waals surface area contributed by atoms with E-state index in [1.165, 1.54) is 6.07 Å². The van der Waals surface area contributed by atoms with Crippen LogP contribution in [0.15, 0.2) is 42.5 Å². The minimum atomic E-state index is -0.0954. The number of hydrogen-bond donors (Lipinski definition) is 1. The van der Waals surface area contributed by atoms with Crippen molar-refractivity contribution in [2.24, 2.45) is 0 Å². The summed E-state index contributed by atoms with van der Waals surface area (Å²) in [7, 11) is 3.15. The maximum atomic E-state index is 12.7. The van der Waals surface area contributed by atoms with Crippen LogP contribution in [0, 0.1) is 0 Å². The highest BCUT2D eigenvalue weighted by atomic mass is 16.5. The molecule has 0 fully saturated rings. The molecule has 0 aromatic heterocycles. The quantitative estimate of drug-likeness (QED) is 0.612. The van der Waals surface area contributed by atoms with Gasteiger partial charge in [0.1, 0.15) is 17.2 Å². The Labute approximate surface area is 132 Å². The molecular formula is C19H14O4. The number of phenolic OH excluding ortho intramolecular Hbond substituents is 1. The standard InChI is InChI=1S/C19H14O4/c1-22-10-3-5-12-14(7-10)17(20)9-16-18(12)13-6-4-11(23-2)8-15(13)19(16)21/h3-9,20H,1-2H3. The van der Waals surface area contributed by atoms with Gasteiger partial charge in [-0.2, -0.15) is 0 Å². The number of ether oxygens (including phenoxy) is 2. The zero-order valence-electron chi connectivity index (χ0n) is 12.7. The van der Waals surface area contributed by atoms with Crippen molar-refractivity contribution < 1.29 is 19.4 Å². The molecule has 114 valence electrons. The van der Waals surface area contributed by atoms with Gasteiger partial charge in [-0.3, -0.25) is 4.79 Å². The van der Waals surface area contributed by atoms with Crippen molar-refractivity contribution in [3.05, 3.63) is 53.6 Å². The minimum Gasteiger partial charge on any atom is -0.507 e. The molecule has 0 heterocycles. The first-order valence-electron chi connectivity index (χ1n) is 7.21. The van der Waals surface area contributed by atoms with Crippen molar-refractivity contribution in [1.29, 1.82) is 0 Å². The molecule has 0 radical (unpaired) electrons. The summed E-state index contributed by atoms with van der Waals surface area (Å²) < 4.78 is 10.4. The van der Waals surface area contributed by atoms with E-state index in [0.29, 0.717) is 28.0 Å². The fourth-order valence-corrected chi connectivity index (χ4v) is 3.18. The summed E-state index contributed by atoms with van der Waals surface area (Å²) in [6.07, 6.45) is 0. The summed E-state index contributed by atoms with van der Waals surface area (Å²) in [5, 5.41) is 11.8. The summed E-state index contributed by atoms with van der Waals surface area (Å²) in [5.74, 6) is 1.28. The molecule has 4 rings (SSSR count). The minimum absolute atomic E-state index is 0.0748. The molecule has 0 spiro atoms. The first-order valence-corrected chi connectivity index (χ1v) is 7.21. The lowest BCUT2D eigenvalue weighted by Gasteiger charge is -2.10. The highest BCUT2D eigenvalue weighted by Crippen LogP contribution is 2.45. The number of fused-ring (bicyclic) bond motifs is 5. The first kappa shape index (κ1) is 13.6. The molecule has 0 unspecified atom stereocenters. The van der Waals surface area contributed by atoms with Gasteiger partial charge in [0.15, 0.2) is 5.78 Å². The maximum Gasteiger partial charge on any atom is 0.194 e.